The van der Waals surface area contributed by atoms with Crippen molar-refractivity contribution in [3.8, 4) is 11.4 Å². The lowest BCUT2D eigenvalue weighted by atomic mass is 10.1. The second-order valence-corrected chi connectivity index (χ2v) is 5.26. The van der Waals surface area contributed by atoms with Crippen LogP contribution in [0.3, 0.4) is 0 Å². The van der Waals surface area contributed by atoms with Crippen molar-refractivity contribution in [1.82, 2.24) is 15.3 Å². The van der Waals surface area contributed by atoms with Gasteiger partial charge in [0.25, 0.3) is 5.91 Å². The van der Waals surface area contributed by atoms with E-state index in [1.807, 2.05) is 0 Å². The Balaban J connectivity index is 1.62. The SMILES string of the molecule is O=C(NCC(O)c1ccccc1F)c1ccc(-c2ncc[nH]2)cc1. The van der Waals surface area contributed by atoms with E-state index in [2.05, 4.69) is 15.3 Å². The molecule has 2 aromatic carbocycles. The molecule has 3 aromatic rings. The summed E-state index contributed by atoms with van der Waals surface area (Å²) in [5, 5.41) is 12.6. The van der Waals surface area contributed by atoms with Gasteiger partial charge in [0.2, 0.25) is 0 Å². The van der Waals surface area contributed by atoms with Gasteiger partial charge in [-0.25, -0.2) is 9.37 Å². The maximum atomic E-state index is 13.6. The molecule has 0 bridgehead atoms. The van der Waals surface area contributed by atoms with Gasteiger partial charge in [-0.1, -0.05) is 30.3 Å². The third-order valence-corrected chi connectivity index (χ3v) is 3.64. The van der Waals surface area contributed by atoms with E-state index < -0.39 is 11.9 Å². The highest BCUT2D eigenvalue weighted by molar-refractivity contribution is 5.94. The highest BCUT2D eigenvalue weighted by Gasteiger charge is 2.14. The number of benzene rings is 2. The zero-order valence-electron chi connectivity index (χ0n) is 12.7. The molecule has 0 saturated heterocycles. The number of carbonyl (C=O) groups is 1. The summed E-state index contributed by atoms with van der Waals surface area (Å²) in [6, 6.07) is 12.8. The number of nitrogens with zero attached hydrogens (tertiary/aromatic N) is 1. The lowest BCUT2D eigenvalue weighted by Gasteiger charge is -2.13. The first-order chi connectivity index (χ1) is 11.6. The van der Waals surface area contributed by atoms with Crippen LogP contribution in [0.5, 0.6) is 0 Å². The van der Waals surface area contributed by atoms with Crippen molar-refractivity contribution in [2.45, 2.75) is 6.10 Å². The molecular formula is C18H16FN3O2. The number of nitrogens with one attached hydrogen (secondary N) is 2. The molecule has 5 nitrogen and oxygen atoms in total. The summed E-state index contributed by atoms with van der Waals surface area (Å²) in [6.07, 6.45) is 2.28. The van der Waals surface area contributed by atoms with Crippen LogP contribution in [0, 0.1) is 5.82 Å². The smallest absolute Gasteiger partial charge is 0.251 e. The number of halogens is 1. The minimum absolute atomic E-state index is 0.0697. The van der Waals surface area contributed by atoms with Crippen LogP contribution in [0.15, 0.2) is 60.9 Å². The summed E-state index contributed by atoms with van der Waals surface area (Å²) in [6.45, 7) is -0.0697. The molecule has 0 aliphatic heterocycles. The largest absolute Gasteiger partial charge is 0.386 e. The van der Waals surface area contributed by atoms with Gasteiger partial charge in [0.1, 0.15) is 11.6 Å². The molecule has 1 heterocycles. The molecular weight excluding hydrogens is 309 g/mol. The predicted octanol–water partition coefficient (Wildman–Crippen LogP) is 2.68. The maximum Gasteiger partial charge on any atom is 0.251 e. The Bertz CT molecular complexity index is 817. The van der Waals surface area contributed by atoms with Gasteiger partial charge in [-0.15, -0.1) is 0 Å². The normalized spacial score (nSPS) is 11.9. The lowest BCUT2D eigenvalue weighted by molar-refractivity contribution is 0.0914. The average Bonchev–Trinajstić information content (AvgIpc) is 3.14. The Hall–Kier alpha value is -2.99. The Morgan fingerprint density at radius 3 is 2.62 bits per heavy atom. The Morgan fingerprint density at radius 2 is 1.96 bits per heavy atom. The molecule has 0 saturated carbocycles. The van der Waals surface area contributed by atoms with Crippen molar-refractivity contribution in [3.05, 3.63) is 77.9 Å². The summed E-state index contributed by atoms with van der Waals surface area (Å²) < 4.78 is 13.6. The van der Waals surface area contributed by atoms with E-state index in [0.717, 1.165) is 11.4 Å². The monoisotopic (exact) mass is 325 g/mol. The zero-order chi connectivity index (χ0) is 16.9. The van der Waals surface area contributed by atoms with Gasteiger partial charge in [-0.3, -0.25) is 4.79 Å². The molecule has 0 fully saturated rings. The molecule has 0 radical (unpaired) electrons. The van der Waals surface area contributed by atoms with E-state index in [9.17, 15) is 14.3 Å². The summed E-state index contributed by atoms with van der Waals surface area (Å²) in [7, 11) is 0. The van der Waals surface area contributed by atoms with Crippen LogP contribution in [-0.4, -0.2) is 27.5 Å². The quantitative estimate of drug-likeness (QED) is 0.675. The van der Waals surface area contributed by atoms with E-state index in [1.54, 1.807) is 48.8 Å². The molecule has 1 amide bonds. The predicted molar refractivity (Wildman–Crippen MR) is 87.7 cm³/mol. The standard InChI is InChI=1S/C18H16FN3O2/c19-15-4-2-1-3-14(15)16(23)11-22-18(24)13-7-5-12(6-8-13)17-20-9-10-21-17/h1-10,16,23H,11H2,(H,20,21)(H,22,24). The fourth-order valence-corrected chi connectivity index (χ4v) is 2.35. The molecule has 122 valence electrons. The summed E-state index contributed by atoms with van der Waals surface area (Å²) in [5.74, 6) is -0.115. The number of aliphatic hydroxyl groups excluding tert-OH is 1. The topological polar surface area (TPSA) is 78.0 Å². The molecule has 3 N–H and O–H groups in total. The van der Waals surface area contributed by atoms with Crippen LogP contribution in [0.25, 0.3) is 11.4 Å². The fourth-order valence-electron chi connectivity index (χ4n) is 2.35. The van der Waals surface area contributed by atoms with E-state index >= 15 is 0 Å². The van der Waals surface area contributed by atoms with Crippen molar-refractivity contribution < 1.29 is 14.3 Å². The average molecular weight is 325 g/mol. The lowest BCUT2D eigenvalue weighted by Crippen LogP contribution is -2.28. The Kier molecular flexibility index (Phi) is 4.67. The zero-order valence-corrected chi connectivity index (χ0v) is 12.7. The van der Waals surface area contributed by atoms with E-state index in [1.165, 1.54) is 12.1 Å². The van der Waals surface area contributed by atoms with Crippen LogP contribution in [0.1, 0.15) is 22.0 Å². The number of hydrogen-bond donors (Lipinski definition) is 3. The third kappa shape index (κ3) is 3.49. The third-order valence-electron chi connectivity index (χ3n) is 3.64. The first-order valence-electron chi connectivity index (χ1n) is 7.45. The van der Waals surface area contributed by atoms with Gasteiger partial charge in [0.05, 0.1) is 6.10 Å². The van der Waals surface area contributed by atoms with Gasteiger partial charge < -0.3 is 15.4 Å². The van der Waals surface area contributed by atoms with E-state index in [-0.39, 0.29) is 18.0 Å². The van der Waals surface area contributed by atoms with Crippen molar-refractivity contribution >= 4 is 5.91 Å². The first kappa shape index (κ1) is 15.9. The molecule has 0 spiro atoms. The number of amides is 1. The maximum absolute atomic E-state index is 13.6. The van der Waals surface area contributed by atoms with Crippen LogP contribution in [0.4, 0.5) is 4.39 Å². The van der Waals surface area contributed by atoms with E-state index in [4.69, 9.17) is 0 Å². The Morgan fingerprint density at radius 1 is 1.21 bits per heavy atom. The van der Waals surface area contributed by atoms with Gasteiger partial charge in [-0.05, 0) is 18.2 Å². The van der Waals surface area contributed by atoms with Crippen LogP contribution in [0.2, 0.25) is 0 Å². The molecule has 1 unspecified atom stereocenters. The number of aliphatic hydroxyl groups is 1. The van der Waals surface area contributed by atoms with Crippen molar-refractivity contribution in [3.63, 3.8) is 0 Å². The van der Waals surface area contributed by atoms with Gasteiger partial charge in [0.15, 0.2) is 0 Å². The summed E-state index contributed by atoms with van der Waals surface area (Å²) in [5.41, 5.74) is 1.47. The molecule has 0 aliphatic rings. The number of aromatic nitrogens is 2. The summed E-state index contributed by atoms with van der Waals surface area (Å²) in [4.78, 5) is 19.2. The van der Waals surface area contributed by atoms with Crippen molar-refractivity contribution in [2.75, 3.05) is 6.54 Å². The fraction of sp³-hybridized carbons (Fsp3) is 0.111. The highest BCUT2D eigenvalue weighted by atomic mass is 19.1. The van der Waals surface area contributed by atoms with Crippen LogP contribution >= 0.6 is 0 Å². The van der Waals surface area contributed by atoms with Gasteiger partial charge in [-0.2, -0.15) is 0 Å². The molecule has 6 heteroatoms. The van der Waals surface area contributed by atoms with Crippen LogP contribution < -0.4 is 5.32 Å². The number of rotatable bonds is 5. The number of hydrogen-bond acceptors (Lipinski definition) is 3. The minimum Gasteiger partial charge on any atom is -0.386 e. The molecule has 24 heavy (non-hydrogen) atoms. The number of aromatic amines is 1. The Labute approximate surface area is 138 Å². The molecule has 1 atom stereocenters. The number of imidazole rings is 1. The number of H-pyrrole nitrogens is 1. The summed E-state index contributed by atoms with van der Waals surface area (Å²) >= 11 is 0. The molecule has 1 aromatic heterocycles. The van der Waals surface area contributed by atoms with Crippen molar-refractivity contribution in [2.24, 2.45) is 0 Å². The second-order valence-electron chi connectivity index (χ2n) is 5.26. The van der Waals surface area contributed by atoms with Crippen LogP contribution in [-0.2, 0) is 0 Å². The minimum atomic E-state index is -1.10. The number of carbonyl (C=O) groups excluding carboxylic acids is 1. The molecule has 3 rings (SSSR count). The van der Waals surface area contributed by atoms with Gasteiger partial charge >= 0.3 is 0 Å². The van der Waals surface area contributed by atoms with Crippen molar-refractivity contribution in [1.29, 1.82) is 0 Å². The van der Waals surface area contributed by atoms with E-state index in [0.29, 0.717) is 5.56 Å². The second kappa shape index (κ2) is 7.06. The molecule has 0 aliphatic carbocycles. The highest BCUT2D eigenvalue weighted by Crippen LogP contribution is 2.17. The first-order valence-corrected chi connectivity index (χ1v) is 7.45. The van der Waals surface area contributed by atoms with Gasteiger partial charge in [0, 0.05) is 35.6 Å².